The van der Waals surface area contributed by atoms with Crippen molar-refractivity contribution >= 4 is 15.9 Å². The van der Waals surface area contributed by atoms with Crippen molar-refractivity contribution in [3.05, 3.63) is 80.6 Å². The van der Waals surface area contributed by atoms with Crippen molar-refractivity contribution in [2.45, 2.75) is 13.8 Å². The van der Waals surface area contributed by atoms with Crippen LogP contribution < -0.4 is 5.43 Å². The Morgan fingerprint density at radius 2 is 1.81 bits per heavy atom. The van der Waals surface area contributed by atoms with Crippen LogP contribution in [0.5, 0.6) is 0 Å². The minimum atomic E-state index is -0.278. The maximum Gasteiger partial charge on any atom is 0.282 e. The third-order valence-corrected chi connectivity index (χ3v) is 4.48. The standard InChI is InChI=1S/C20H15BrN4O2/c1-12-8-13(2)10-16(9-12)25-7-6-17(26)18(23-25)20-22-19(24-27-20)14-4-3-5-15(21)11-14/h3-11H,1-2H3. The van der Waals surface area contributed by atoms with Crippen molar-refractivity contribution in [2.24, 2.45) is 0 Å². The molecule has 0 bridgehead atoms. The van der Waals surface area contributed by atoms with E-state index in [1.54, 1.807) is 10.9 Å². The van der Waals surface area contributed by atoms with Crippen LogP contribution in [-0.2, 0) is 0 Å². The molecule has 0 unspecified atom stereocenters. The first kappa shape index (κ1) is 17.4. The zero-order valence-electron chi connectivity index (χ0n) is 14.7. The van der Waals surface area contributed by atoms with Crippen LogP contribution in [0.1, 0.15) is 11.1 Å². The molecule has 0 spiro atoms. The number of rotatable bonds is 3. The first-order valence-electron chi connectivity index (χ1n) is 8.28. The molecule has 2 aromatic carbocycles. The summed E-state index contributed by atoms with van der Waals surface area (Å²) in [5, 5.41) is 8.40. The van der Waals surface area contributed by atoms with Crippen LogP contribution >= 0.6 is 15.9 Å². The third-order valence-electron chi connectivity index (χ3n) is 3.99. The molecule has 0 aliphatic heterocycles. The molecule has 6 nitrogen and oxygen atoms in total. The van der Waals surface area contributed by atoms with E-state index in [-0.39, 0.29) is 17.0 Å². The molecule has 0 N–H and O–H groups in total. The summed E-state index contributed by atoms with van der Waals surface area (Å²) in [5.41, 5.74) is 3.71. The zero-order chi connectivity index (χ0) is 19.0. The van der Waals surface area contributed by atoms with Gasteiger partial charge in [-0.25, -0.2) is 4.68 Å². The second-order valence-electron chi connectivity index (χ2n) is 6.25. The Hall–Kier alpha value is -3.06. The molecule has 0 amide bonds. The molecular formula is C20H15BrN4O2. The highest BCUT2D eigenvalue weighted by Gasteiger charge is 2.16. The van der Waals surface area contributed by atoms with Gasteiger partial charge in [-0.1, -0.05) is 39.3 Å². The fourth-order valence-electron chi connectivity index (χ4n) is 2.85. The van der Waals surface area contributed by atoms with Crippen LogP contribution in [0.15, 0.2) is 68.5 Å². The summed E-state index contributed by atoms with van der Waals surface area (Å²) in [6.45, 7) is 4.03. The Balaban J connectivity index is 1.77. The lowest BCUT2D eigenvalue weighted by molar-refractivity contribution is 0.429. The van der Waals surface area contributed by atoms with Gasteiger partial charge in [-0.15, -0.1) is 0 Å². The molecule has 0 aliphatic rings. The largest absolute Gasteiger partial charge is 0.332 e. The Kier molecular flexibility index (Phi) is 4.45. The summed E-state index contributed by atoms with van der Waals surface area (Å²) in [6.07, 6.45) is 1.63. The maximum absolute atomic E-state index is 12.3. The molecule has 2 heterocycles. The summed E-state index contributed by atoms with van der Waals surface area (Å²) in [6, 6.07) is 15.0. The van der Waals surface area contributed by atoms with Crippen molar-refractivity contribution in [3.8, 4) is 28.7 Å². The smallest absolute Gasteiger partial charge is 0.282 e. The SMILES string of the molecule is Cc1cc(C)cc(-n2ccc(=O)c(-c3nc(-c4cccc(Br)c4)no3)n2)c1. The van der Waals surface area contributed by atoms with Crippen molar-refractivity contribution < 1.29 is 4.52 Å². The number of benzene rings is 2. The van der Waals surface area contributed by atoms with Crippen LogP contribution in [0.2, 0.25) is 0 Å². The van der Waals surface area contributed by atoms with Gasteiger partial charge in [0.05, 0.1) is 5.69 Å². The fraction of sp³-hybridized carbons (Fsp3) is 0.100. The van der Waals surface area contributed by atoms with E-state index in [4.69, 9.17) is 4.52 Å². The first-order chi connectivity index (χ1) is 13.0. The molecule has 0 fully saturated rings. The van der Waals surface area contributed by atoms with Gasteiger partial charge in [-0.3, -0.25) is 4.79 Å². The third kappa shape index (κ3) is 3.59. The van der Waals surface area contributed by atoms with E-state index < -0.39 is 0 Å². The highest BCUT2D eigenvalue weighted by Crippen LogP contribution is 2.22. The number of nitrogens with zero attached hydrogens (tertiary/aromatic N) is 4. The lowest BCUT2D eigenvalue weighted by Gasteiger charge is -2.08. The molecule has 7 heteroatoms. The van der Waals surface area contributed by atoms with E-state index >= 15 is 0 Å². The molecule has 134 valence electrons. The van der Waals surface area contributed by atoms with Crippen molar-refractivity contribution in [1.29, 1.82) is 0 Å². The average molecular weight is 423 g/mol. The van der Waals surface area contributed by atoms with Crippen molar-refractivity contribution in [3.63, 3.8) is 0 Å². The van der Waals surface area contributed by atoms with E-state index in [2.05, 4.69) is 37.2 Å². The number of aryl methyl sites for hydroxylation is 2. The maximum atomic E-state index is 12.3. The van der Waals surface area contributed by atoms with Crippen molar-refractivity contribution in [1.82, 2.24) is 19.9 Å². The summed E-state index contributed by atoms with van der Waals surface area (Å²) in [7, 11) is 0. The Morgan fingerprint density at radius 3 is 2.56 bits per heavy atom. The second-order valence-corrected chi connectivity index (χ2v) is 7.17. The van der Waals surface area contributed by atoms with E-state index in [9.17, 15) is 4.79 Å². The molecule has 4 aromatic rings. The van der Waals surface area contributed by atoms with Crippen LogP contribution in [0.25, 0.3) is 28.7 Å². The zero-order valence-corrected chi connectivity index (χ0v) is 16.3. The van der Waals surface area contributed by atoms with Crippen LogP contribution in [0.4, 0.5) is 0 Å². The number of hydrogen-bond donors (Lipinski definition) is 0. The number of aromatic nitrogens is 4. The Morgan fingerprint density at radius 1 is 1.04 bits per heavy atom. The van der Waals surface area contributed by atoms with Gasteiger partial charge in [0.15, 0.2) is 5.69 Å². The molecule has 0 saturated carbocycles. The predicted molar refractivity (Wildman–Crippen MR) is 106 cm³/mol. The van der Waals surface area contributed by atoms with E-state index in [0.29, 0.717) is 5.82 Å². The van der Waals surface area contributed by atoms with Gasteiger partial charge in [-0.2, -0.15) is 10.1 Å². The molecule has 0 radical (unpaired) electrons. The van der Waals surface area contributed by atoms with Crippen LogP contribution in [0, 0.1) is 13.8 Å². The second kappa shape index (κ2) is 6.92. The average Bonchev–Trinajstić information content (AvgIpc) is 3.11. The predicted octanol–water partition coefficient (Wildman–Crippen LogP) is 4.33. The van der Waals surface area contributed by atoms with Crippen molar-refractivity contribution in [2.75, 3.05) is 0 Å². The molecule has 4 rings (SSSR count). The van der Waals surface area contributed by atoms with Crippen LogP contribution in [-0.4, -0.2) is 19.9 Å². The van der Waals surface area contributed by atoms with Gasteiger partial charge in [0.2, 0.25) is 11.3 Å². The van der Waals surface area contributed by atoms with Gasteiger partial charge in [-0.05, 0) is 49.2 Å². The van der Waals surface area contributed by atoms with E-state index in [0.717, 1.165) is 26.9 Å². The number of hydrogen-bond acceptors (Lipinski definition) is 5. The van der Waals surface area contributed by atoms with E-state index in [1.165, 1.54) is 6.07 Å². The van der Waals surface area contributed by atoms with Gasteiger partial charge < -0.3 is 4.52 Å². The highest BCUT2D eigenvalue weighted by molar-refractivity contribution is 9.10. The summed E-state index contributed by atoms with van der Waals surface area (Å²) >= 11 is 3.42. The molecule has 0 aliphatic carbocycles. The molecule has 0 atom stereocenters. The van der Waals surface area contributed by atoms with Gasteiger partial charge >= 0.3 is 0 Å². The molecule has 27 heavy (non-hydrogen) atoms. The number of halogens is 1. The first-order valence-corrected chi connectivity index (χ1v) is 9.07. The highest BCUT2D eigenvalue weighted by atomic mass is 79.9. The fourth-order valence-corrected chi connectivity index (χ4v) is 3.25. The topological polar surface area (TPSA) is 73.8 Å². The normalized spacial score (nSPS) is 10.9. The summed E-state index contributed by atoms with van der Waals surface area (Å²) in [5.74, 6) is 0.489. The van der Waals surface area contributed by atoms with Gasteiger partial charge in [0.1, 0.15) is 0 Å². The lowest BCUT2D eigenvalue weighted by atomic mass is 10.1. The minimum Gasteiger partial charge on any atom is -0.332 e. The monoisotopic (exact) mass is 422 g/mol. The molecule has 2 aromatic heterocycles. The molecule has 0 saturated heterocycles. The Bertz CT molecular complexity index is 1180. The molecular weight excluding hydrogens is 408 g/mol. The summed E-state index contributed by atoms with van der Waals surface area (Å²) < 4.78 is 7.85. The quantitative estimate of drug-likeness (QED) is 0.491. The lowest BCUT2D eigenvalue weighted by Crippen LogP contribution is -2.13. The van der Waals surface area contributed by atoms with E-state index in [1.807, 2.05) is 50.2 Å². The minimum absolute atomic E-state index is 0.0914. The Labute approximate surface area is 163 Å². The van der Waals surface area contributed by atoms with Gasteiger partial charge in [0.25, 0.3) is 5.89 Å². The summed E-state index contributed by atoms with van der Waals surface area (Å²) in [4.78, 5) is 16.7. The van der Waals surface area contributed by atoms with Gasteiger partial charge in [0, 0.05) is 22.3 Å². The van der Waals surface area contributed by atoms with Crippen LogP contribution in [0.3, 0.4) is 0 Å².